The standard InChI is InChI=1S/C14H18O4/c1-16-12-6-4-11(5-7-12)9-14(15)18-10-13-3-2-8-17-13/h4-7,13H,2-3,8-10H2,1H3. The smallest absolute Gasteiger partial charge is 0.310 e. The lowest BCUT2D eigenvalue weighted by Gasteiger charge is -2.10. The Morgan fingerprint density at radius 1 is 1.39 bits per heavy atom. The van der Waals surface area contributed by atoms with Crippen molar-refractivity contribution in [2.45, 2.75) is 25.4 Å². The highest BCUT2D eigenvalue weighted by Gasteiger charge is 2.17. The quantitative estimate of drug-likeness (QED) is 0.749. The fraction of sp³-hybridized carbons (Fsp3) is 0.500. The van der Waals surface area contributed by atoms with E-state index in [0.717, 1.165) is 30.8 Å². The van der Waals surface area contributed by atoms with E-state index in [0.29, 0.717) is 6.61 Å². The topological polar surface area (TPSA) is 44.8 Å². The van der Waals surface area contributed by atoms with E-state index in [-0.39, 0.29) is 18.5 Å². The van der Waals surface area contributed by atoms with Crippen molar-refractivity contribution in [3.63, 3.8) is 0 Å². The van der Waals surface area contributed by atoms with Gasteiger partial charge < -0.3 is 14.2 Å². The minimum absolute atomic E-state index is 0.0878. The Morgan fingerprint density at radius 3 is 2.78 bits per heavy atom. The Morgan fingerprint density at radius 2 is 2.17 bits per heavy atom. The van der Waals surface area contributed by atoms with Crippen molar-refractivity contribution in [2.75, 3.05) is 20.3 Å². The molecular formula is C14H18O4. The van der Waals surface area contributed by atoms with Gasteiger partial charge in [0.25, 0.3) is 0 Å². The number of hydrogen-bond donors (Lipinski definition) is 0. The Kier molecular flexibility index (Phi) is 4.59. The van der Waals surface area contributed by atoms with Gasteiger partial charge in [-0.25, -0.2) is 0 Å². The van der Waals surface area contributed by atoms with Crippen molar-refractivity contribution in [3.05, 3.63) is 29.8 Å². The third-order valence-corrected chi connectivity index (χ3v) is 2.96. The molecule has 0 aliphatic carbocycles. The van der Waals surface area contributed by atoms with Gasteiger partial charge in [0, 0.05) is 6.61 Å². The average molecular weight is 250 g/mol. The summed E-state index contributed by atoms with van der Waals surface area (Å²) < 4.78 is 15.6. The van der Waals surface area contributed by atoms with E-state index in [1.807, 2.05) is 24.3 Å². The monoisotopic (exact) mass is 250 g/mol. The van der Waals surface area contributed by atoms with E-state index in [1.165, 1.54) is 0 Å². The molecule has 0 radical (unpaired) electrons. The minimum atomic E-state index is -0.212. The molecule has 0 N–H and O–H groups in total. The minimum Gasteiger partial charge on any atom is -0.497 e. The third-order valence-electron chi connectivity index (χ3n) is 2.96. The fourth-order valence-electron chi connectivity index (χ4n) is 1.92. The highest BCUT2D eigenvalue weighted by atomic mass is 16.6. The number of carbonyl (C=O) groups excluding carboxylic acids is 1. The largest absolute Gasteiger partial charge is 0.497 e. The van der Waals surface area contributed by atoms with Gasteiger partial charge in [0.15, 0.2) is 0 Å². The molecule has 1 aromatic rings. The van der Waals surface area contributed by atoms with Crippen LogP contribution in [0.3, 0.4) is 0 Å². The van der Waals surface area contributed by atoms with Crippen LogP contribution in [-0.2, 0) is 20.7 Å². The van der Waals surface area contributed by atoms with E-state index in [4.69, 9.17) is 14.2 Å². The SMILES string of the molecule is COc1ccc(CC(=O)OCC2CCCO2)cc1. The van der Waals surface area contributed by atoms with Crippen LogP contribution in [0.5, 0.6) is 5.75 Å². The summed E-state index contributed by atoms with van der Waals surface area (Å²) in [5.74, 6) is 0.571. The fourth-order valence-corrected chi connectivity index (χ4v) is 1.92. The molecule has 1 fully saturated rings. The van der Waals surface area contributed by atoms with Crippen LogP contribution in [0, 0.1) is 0 Å². The van der Waals surface area contributed by atoms with E-state index in [1.54, 1.807) is 7.11 Å². The number of ether oxygens (including phenoxy) is 3. The summed E-state index contributed by atoms with van der Waals surface area (Å²) in [5.41, 5.74) is 0.924. The maximum atomic E-state index is 11.6. The number of methoxy groups -OCH3 is 1. The van der Waals surface area contributed by atoms with E-state index in [2.05, 4.69) is 0 Å². The molecule has 1 aliphatic heterocycles. The summed E-state index contributed by atoms with van der Waals surface area (Å²) in [7, 11) is 1.62. The van der Waals surface area contributed by atoms with Crippen molar-refractivity contribution in [1.29, 1.82) is 0 Å². The molecule has 0 saturated carbocycles. The number of carbonyl (C=O) groups is 1. The Bertz CT molecular complexity index is 379. The molecule has 1 heterocycles. The summed E-state index contributed by atoms with van der Waals surface area (Å²) in [5, 5.41) is 0. The molecule has 18 heavy (non-hydrogen) atoms. The van der Waals surface area contributed by atoms with Gasteiger partial charge in [0.2, 0.25) is 0 Å². The summed E-state index contributed by atoms with van der Waals surface area (Å²) in [4.78, 5) is 11.6. The summed E-state index contributed by atoms with van der Waals surface area (Å²) in [6, 6.07) is 7.41. The lowest BCUT2D eigenvalue weighted by Crippen LogP contribution is -2.18. The number of rotatable bonds is 5. The Hall–Kier alpha value is -1.55. The van der Waals surface area contributed by atoms with Gasteiger partial charge in [-0.2, -0.15) is 0 Å². The maximum absolute atomic E-state index is 11.6. The van der Waals surface area contributed by atoms with E-state index >= 15 is 0 Å². The van der Waals surface area contributed by atoms with Crippen molar-refractivity contribution in [3.8, 4) is 5.75 Å². The lowest BCUT2D eigenvalue weighted by molar-refractivity contribution is -0.146. The van der Waals surface area contributed by atoms with Crippen LogP contribution in [0.1, 0.15) is 18.4 Å². The first-order valence-corrected chi connectivity index (χ1v) is 6.18. The number of benzene rings is 1. The molecule has 1 aliphatic rings. The first kappa shape index (κ1) is 12.9. The Labute approximate surface area is 107 Å². The van der Waals surface area contributed by atoms with Crippen LogP contribution in [0.2, 0.25) is 0 Å². The van der Waals surface area contributed by atoms with Gasteiger partial charge >= 0.3 is 5.97 Å². The van der Waals surface area contributed by atoms with Crippen molar-refractivity contribution in [1.82, 2.24) is 0 Å². The molecule has 1 saturated heterocycles. The first-order valence-electron chi connectivity index (χ1n) is 6.18. The van der Waals surface area contributed by atoms with Crippen molar-refractivity contribution in [2.24, 2.45) is 0 Å². The summed E-state index contributed by atoms with van der Waals surface area (Å²) in [6.07, 6.45) is 2.41. The second-order valence-corrected chi connectivity index (χ2v) is 4.34. The molecule has 1 aromatic carbocycles. The van der Waals surface area contributed by atoms with Crippen LogP contribution in [0.25, 0.3) is 0 Å². The predicted octanol–water partition coefficient (Wildman–Crippen LogP) is 1.96. The molecule has 0 aromatic heterocycles. The molecule has 0 amide bonds. The first-order chi connectivity index (χ1) is 8.78. The normalized spacial score (nSPS) is 18.6. The number of hydrogen-bond acceptors (Lipinski definition) is 4. The molecule has 0 bridgehead atoms. The molecule has 4 nitrogen and oxygen atoms in total. The van der Waals surface area contributed by atoms with Gasteiger partial charge in [-0.15, -0.1) is 0 Å². The molecule has 1 atom stereocenters. The highest BCUT2D eigenvalue weighted by molar-refractivity contribution is 5.72. The van der Waals surface area contributed by atoms with Gasteiger partial charge in [-0.3, -0.25) is 4.79 Å². The molecular weight excluding hydrogens is 232 g/mol. The van der Waals surface area contributed by atoms with Crippen LogP contribution >= 0.6 is 0 Å². The zero-order valence-electron chi connectivity index (χ0n) is 10.6. The van der Waals surface area contributed by atoms with E-state index in [9.17, 15) is 4.79 Å². The van der Waals surface area contributed by atoms with Crippen LogP contribution < -0.4 is 4.74 Å². The molecule has 2 rings (SSSR count). The van der Waals surface area contributed by atoms with Crippen LogP contribution in [0.4, 0.5) is 0 Å². The number of esters is 1. The van der Waals surface area contributed by atoms with Crippen LogP contribution in [-0.4, -0.2) is 32.4 Å². The van der Waals surface area contributed by atoms with Crippen molar-refractivity contribution < 1.29 is 19.0 Å². The van der Waals surface area contributed by atoms with Gasteiger partial charge in [0.1, 0.15) is 12.4 Å². The Balaban J connectivity index is 1.75. The lowest BCUT2D eigenvalue weighted by atomic mass is 10.1. The van der Waals surface area contributed by atoms with Crippen LogP contribution in [0.15, 0.2) is 24.3 Å². The zero-order valence-corrected chi connectivity index (χ0v) is 10.6. The maximum Gasteiger partial charge on any atom is 0.310 e. The second kappa shape index (κ2) is 6.40. The molecule has 98 valence electrons. The molecule has 1 unspecified atom stereocenters. The third kappa shape index (κ3) is 3.74. The second-order valence-electron chi connectivity index (χ2n) is 4.34. The average Bonchev–Trinajstić information content (AvgIpc) is 2.90. The van der Waals surface area contributed by atoms with Gasteiger partial charge in [-0.1, -0.05) is 12.1 Å². The van der Waals surface area contributed by atoms with Gasteiger partial charge in [-0.05, 0) is 30.5 Å². The predicted molar refractivity (Wildman–Crippen MR) is 66.6 cm³/mol. The summed E-state index contributed by atoms with van der Waals surface area (Å²) >= 11 is 0. The van der Waals surface area contributed by atoms with Gasteiger partial charge in [0.05, 0.1) is 19.6 Å². The van der Waals surface area contributed by atoms with Crippen molar-refractivity contribution >= 4 is 5.97 Å². The molecule has 0 spiro atoms. The van der Waals surface area contributed by atoms with E-state index < -0.39 is 0 Å². The summed E-state index contributed by atoms with van der Waals surface area (Å²) in [6.45, 7) is 1.15. The highest BCUT2D eigenvalue weighted by Crippen LogP contribution is 2.14. The molecule has 4 heteroatoms. The zero-order chi connectivity index (χ0) is 12.8.